The number of piperidine rings is 1. The average molecular weight is 452 g/mol. The second-order valence-electron chi connectivity index (χ2n) is 9.02. The lowest BCUT2D eigenvalue weighted by atomic mass is 9.96. The zero-order valence-corrected chi connectivity index (χ0v) is 20.2. The van der Waals surface area contributed by atoms with Crippen LogP contribution in [0.5, 0.6) is 0 Å². The Morgan fingerprint density at radius 2 is 1.69 bits per heavy atom. The minimum Gasteiger partial charge on any atom is -0.366 e. The first-order valence-corrected chi connectivity index (χ1v) is 11.5. The summed E-state index contributed by atoms with van der Waals surface area (Å²) < 4.78 is 0. The van der Waals surface area contributed by atoms with E-state index in [0.717, 1.165) is 48.2 Å². The van der Waals surface area contributed by atoms with Gasteiger partial charge in [0.1, 0.15) is 5.70 Å². The van der Waals surface area contributed by atoms with Crippen molar-refractivity contribution in [2.75, 3.05) is 32.1 Å². The van der Waals surface area contributed by atoms with E-state index in [1.165, 1.54) is 4.90 Å². The first kappa shape index (κ1) is 22.6. The van der Waals surface area contributed by atoms with Crippen LogP contribution in [0.15, 0.2) is 42.1 Å². The van der Waals surface area contributed by atoms with Crippen LogP contribution >= 0.6 is 11.6 Å². The average Bonchev–Trinajstić information content (AvgIpc) is 3.00. The van der Waals surface area contributed by atoms with Gasteiger partial charge in [0.05, 0.1) is 11.3 Å². The summed E-state index contributed by atoms with van der Waals surface area (Å²) in [6, 6.07) is 11.6. The molecule has 2 amide bonds. The van der Waals surface area contributed by atoms with Gasteiger partial charge in [0.25, 0.3) is 11.8 Å². The summed E-state index contributed by atoms with van der Waals surface area (Å²) in [5, 5.41) is 0.535. The number of likely N-dealkylation sites (tertiary alicyclic amines) is 1. The third-order valence-electron chi connectivity index (χ3n) is 6.78. The maximum Gasteiger partial charge on any atom is 0.282 e. The summed E-state index contributed by atoms with van der Waals surface area (Å²) in [7, 11) is 4.07. The van der Waals surface area contributed by atoms with Crippen molar-refractivity contribution in [1.82, 2.24) is 9.80 Å². The van der Waals surface area contributed by atoms with Gasteiger partial charge in [-0.15, -0.1) is 0 Å². The Bertz CT molecular complexity index is 1120. The van der Waals surface area contributed by atoms with Gasteiger partial charge >= 0.3 is 0 Å². The minimum atomic E-state index is -0.290. The molecule has 0 aliphatic carbocycles. The zero-order valence-electron chi connectivity index (χ0n) is 19.4. The van der Waals surface area contributed by atoms with Crippen LogP contribution in [0, 0.1) is 20.8 Å². The fourth-order valence-corrected chi connectivity index (χ4v) is 4.97. The molecule has 5 nitrogen and oxygen atoms in total. The Morgan fingerprint density at radius 1 is 1.00 bits per heavy atom. The summed E-state index contributed by atoms with van der Waals surface area (Å²) in [5.41, 5.74) is 5.15. The van der Waals surface area contributed by atoms with Gasteiger partial charge in [0.2, 0.25) is 0 Å². The molecular formula is C26H30ClN3O2. The van der Waals surface area contributed by atoms with Gasteiger partial charge in [-0.05, 0) is 82.6 Å². The molecule has 4 rings (SSSR count). The number of halogens is 1. The van der Waals surface area contributed by atoms with E-state index in [0.29, 0.717) is 22.0 Å². The Morgan fingerprint density at radius 3 is 2.34 bits per heavy atom. The second kappa shape index (κ2) is 8.72. The molecule has 2 aromatic rings. The molecule has 2 aliphatic heterocycles. The predicted molar refractivity (Wildman–Crippen MR) is 130 cm³/mol. The van der Waals surface area contributed by atoms with Gasteiger partial charge in [0, 0.05) is 18.1 Å². The van der Waals surface area contributed by atoms with E-state index < -0.39 is 0 Å². The Kier molecular flexibility index (Phi) is 6.15. The van der Waals surface area contributed by atoms with Crippen LogP contribution in [0.3, 0.4) is 0 Å². The number of imide groups is 1. The lowest BCUT2D eigenvalue weighted by Gasteiger charge is -2.36. The standard InChI is InChI=1S/C26H30ClN3O2/c1-16-9-10-20(17(2)15-16)23-24(29(5)19-11-13-28(4)14-12-19)26(32)30(25(23)31)22-8-6-7-21(27)18(22)3/h6-10,15,19H,11-14H2,1-5H3. The highest BCUT2D eigenvalue weighted by atomic mass is 35.5. The molecule has 1 fully saturated rings. The van der Waals surface area contributed by atoms with Gasteiger partial charge in [-0.3, -0.25) is 9.59 Å². The smallest absolute Gasteiger partial charge is 0.282 e. The zero-order chi connectivity index (χ0) is 23.2. The van der Waals surface area contributed by atoms with Crippen LogP contribution < -0.4 is 4.90 Å². The van der Waals surface area contributed by atoms with Crippen LogP contribution in [0.25, 0.3) is 5.57 Å². The van der Waals surface area contributed by atoms with E-state index in [1.807, 2.05) is 44.9 Å². The number of carbonyl (C=O) groups is 2. The molecule has 2 aliphatic rings. The number of anilines is 1. The number of rotatable bonds is 4. The molecule has 0 unspecified atom stereocenters. The monoisotopic (exact) mass is 451 g/mol. The highest BCUT2D eigenvalue weighted by Gasteiger charge is 2.44. The number of carbonyl (C=O) groups excluding carboxylic acids is 2. The third-order valence-corrected chi connectivity index (χ3v) is 7.19. The van der Waals surface area contributed by atoms with Crippen LogP contribution in [0.4, 0.5) is 5.69 Å². The third kappa shape index (κ3) is 3.84. The largest absolute Gasteiger partial charge is 0.366 e. The second-order valence-corrected chi connectivity index (χ2v) is 9.42. The van der Waals surface area contributed by atoms with Crippen molar-refractivity contribution >= 4 is 34.7 Å². The first-order chi connectivity index (χ1) is 15.2. The maximum absolute atomic E-state index is 13.8. The fraction of sp³-hybridized carbons (Fsp3) is 0.385. The summed E-state index contributed by atoms with van der Waals surface area (Å²) in [4.78, 5) is 33.3. The van der Waals surface area contributed by atoms with Crippen molar-refractivity contribution in [1.29, 1.82) is 0 Å². The number of aryl methyl sites for hydroxylation is 2. The quantitative estimate of drug-likeness (QED) is 0.638. The molecule has 32 heavy (non-hydrogen) atoms. The number of likely N-dealkylation sites (N-methyl/N-ethyl adjacent to an activating group) is 1. The number of amides is 2. The SMILES string of the molecule is Cc1ccc(C2=C(N(C)C3CCN(C)CC3)C(=O)N(c3cccc(Cl)c3C)C2=O)c(C)c1. The molecule has 0 saturated carbocycles. The lowest BCUT2D eigenvalue weighted by Crippen LogP contribution is -2.43. The minimum absolute atomic E-state index is 0.208. The van der Waals surface area contributed by atoms with Crippen molar-refractivity contribution in [2.45, 2.75) is 39.7 Å². The summed E-state index contributed by atoms with van der Waals surface area (Å²) in [6.07, 6.45) is 1.91. The highest BCUT2D eigenvalue weighted by molar-refractivity contribution is 6.46. The van der Waals surface area contributed by atoms with E-state index >= 15 is 0 Å². The predicted octanol–water partition coefficient (Wildman–Crippen LogP) is 4.58. The van der Waals surface area contributed by atoms with Crippen molar-refractivity contribution in [3.63, 3.8) is 0 Å². The van der Waals surface area contributed by atoms with E-state index in [4.69, 9.17) is 11.6 Å². The highest BCUT2D eigenvalue weighted by Crippen LogP contribution is 2.39. The fourth-order valence-electron chi connectivity index (χ4n) is 4.80. The van der Waals surface area contributed by atoms with Gasteiger partial charge in [-0.25, -0.2) is 4.90 Å². The van der Waals surface area contributed by atoms with Gasteiger partial charge < -0.3 is 9.80 Å². The van der Waals surface area contributed by atoms with E-state index in [9.17, 15) is 9.59 Å². The topological polar surface area (TPSA) is 43.9 Å². The van der Waals surface area contributed by atoms with Crippen molar-refractivity contribution in [3.8, 4) is 0 Å². The number of benzene rings is 2. The summed E-state index contributed by atoms with van der Waals surface area (Å²) in [5.74, 6) is -0.570. The van der Waals surface area contributed by atoms with E-state index in [-0.39, 0.29) is 17.9 Å². The van der Waals surface area contributed by atoms with Crippen LogP contribution in [0.1, 0.15) is 35.1 Å². The van der Waals surface area contributed by atoms with Gasteiger partial charge in [-0.1, -0.05) is 41.4 Å². The molecule has 168 valence electrons. The van der Waals surface area contributed by atoms with E-state index in [2.05, 4.69) is 18.0 Å². The Balaban J connectivity index is 1.85. The summed E-state index contributed by atoms with van der Waals surface area (Å²) in [6.45, 7) is 7.81. The van der Waals surface area contributed by atoms with Crippen LogP contribution in [-0.4, -0.2) is 54.8 Å². The summed E-state index contributed by atoms with van der Waals surface area (Å²) >= 11 is 6.34. The number of nitrogens with zero attached hydrogens (tertiary/aromatic N) is 3. The number of hydrogen-bond donors (Lipinski definition) is 0. The maximum atomic E-state index is 13.8. The molecule has 2 heterocycles. The first-order valence-electron chi connectivity index (χ1n) is 11.1. The molecule has 6 heteroatoms. The molecule has 0 bridgehead atoms. The molecule has 0 radical (unpaired) electrons. The molecule has 0 atom stereocenters. The number of hydrogen-bond acceptors (Lipinski definition) is 4. The molecule has 1 saturated heterocycles. The molecule has 0 spiro atoms. The molecule has 2 aromatic carbocycles. The molecule has 0 N–H and O–H groups in total. The van der Waals surface area contributed by atoms with Crippen LogP contribution in [0.2, 0.25) is 5.02 Å². The molecular weight excluding hydrogens is 422 g/mol. The van der Waals surface area contributed by atoms with Gasteiger partial charge in [0.15, 0.2) is 0 Å². The van der Waals surface area contributed by atoms with Gasteiger partial charge in [-0.2, -0.15) is 0 Å². The Labute approximate surface area is 195 Å². The molecule has 0 aromatic heterocycles. The lowest BCUT2D eigenvalue weighted by molar-refractivity contribution is -0.120. The normalized spacial score (nSPS) is 18.1. The van der Waals surface area contributed by atoms with Crippen molar-refractivity contribution in [3.05, 3.63) is 69.4 Å². The van der Waals surface area contributed by atoms with Crippen molar-refractivity contribution in [2.24, 2.45) is 0 Å². The van der Waals surface area contributed by atoms with Crippen LogP contribution in [-0.2, 0) is 9.59 Å². The van der Waals surface area contributed by atoms with E-state index in [1.54, 1.807) is 18.2 Å². The Hall–Kier alpha value is -2.63. The van der Waals surface area contributed by atoms with Crippen molar-refractivity contribution < 1.29 is 9.59 Å².